The van der Waals surface area contributed by atoms with Crippen LogP contribution in [0.4, 0.5) is 0 Å². The third kappa shape index (κ3) is 3.82. The van der Waals surface area contributed by atoms with Crippen LogP contribution in [0.3, 0.4) is 0 Å². The van der Waals surface area contributed by atoms with Gasteiger partial charge in [0.1, 0.15) is 5.49 Å². The van der Waals surface area contributed by atoms with Crippen LogP contribution in [-0.4, -0.2) is 10.5 Å². The molecule has 0 aliphatic heterocycles. The SMILES string of the molecule is O=C(CC1C=CCC1)N=c1ccccn1Cc1ccccc1. The summed E-state index contributed by atoms with van der Waals surface area (Å²) in [5.41, 5.74) is 1.92. The van der Waals surface area contributed by atoms with Crippen LogP contribution in [0.15, 0.2) is 71.9 Å². The number of rotatable bonds is 4. The summed E-state index contributed by atoms with van der Waals surface area (Å²) in [5.74, 6) is 0.326. The Balaban J connectivity index is 1.79. The van der Waals surface area contributed by atoms with Crippen LogP contribution in [0, 0.1) is 5.92 Å². The molecular weight excluding hydrogens is 272 g/mol. The fourth-order valence-corrected chi connectivity index (χ4v) is 2.75. The summed E-state index contributed by atoms with van der Waals surface area (Å²) in [6, 6.07) is 16.0. The molecule has 3 heteroatoms. The quantitative estimate of drug-likeness (QED) is 0.796. The first-order chi connectivity index (χ1) is 10.8. The molecule has 1 atom stereocenters. The highest BCUT2D eigenvalue weighted by Crippen LogP contribution is 2.20. The number of carbonyl (C=O) groups excluding carboxylic acids is 1. The molecule has 0 spiro atoms. The first kappa shape index (κ1) is 14.5. The molecule has 1 heterocycles. The molecule has 0 bridgehead atoms. The van der Waals surface area contributed by atoms with E-state index in [0.29, 0.717) is 12.3 Å². The van der Waals surface area contributed by atoms with Crippen LogP contribution in [0.1, 0.15) is 24.8 Å². The van der Waals surface area contributed by atoms with Crippen molar-refractivity contribution in [3.05, 3.63) is 77.9 Å². The lowest BCUT2D eigenvalue weighted by atomic mass is 10.1. The summed E-state index contributed by atoms with van der Waals surface area (Å²) in [6.07, 6.45) is 8.91. The molecule has 0 saturated carbocycles. The van der Waals surface area contributed by atoms with Crippen molar-refractivity contribution in [3.8, 4) is 0 Å². The summed E-state index contributed by atoms with van der Waals surface area (Å²) >= 11 is 0. The maximum atomic E-state index is 12.2. The summed E-state index contributed by atoms with van der Waals surface area (Å²) in [4.78, 5) is 16.5. The number of pyridine rings is 1. The fraction of sp³-hybridized carbons (Fsp3) is 0.263. The smallest absolute Gasteiger partial charge is 0.248 e. The van der Waals surface area contributed by atoms with Crippen LogP contribution in [0.2, 0.25) is 0 Å². The van der Waals surface area contributed by atoms with Gasteiger partial charge in [0.2, 0.25) is 5.91 Å². The average Bonchev–Trinajstić information content (AvgIpc) is 3.03. The van der Waals surface area contributed by atoms with E-state index in [1.165, 1.54) is 5.56 Å². The molecule has 1 unspecified atom stereocenters. The molecule has 1 aromatic carbocycles. The molecule has 112 valence electrons. The van der Waals surface area contributed by atoms with E-state index in [4.69, 9.17) is 0 Å². The van der Waals surface area contributed by atoms with E-state index in [9.17, 15) is 4.79 Å². The average molecular weight is 292 g/mol. The summed E-state index contributed by atoms with van der Waals surface area (Å²) < 4.78 is 2.01. The van der Waals surface area contributed by atoms with Gasteiger partial charge in [0.25, 0.3) is 0 Å². The number of nitrogens with zero attached hydrogens (tertiary/aromatic N) is 2. The van der Waals surface area contributed by atoms with Crippen LogP contribution >= 0.6 is 0 Å². The number of hydrogen-bond acceptors (Lipinski definition) is 1. The van der Waals surface area contributed by atoms with E-state index in [-0.39, 0.29) is 5.91 Å². The molecule has 3 rings (SSSR count). The summed E-state index contributed by atoms with van der Waals surface area (Å²) in [5, 5.41) is 0. The second-order valence-corrected chi connectivity index (χ2v) is 5.65. The Morgan fingerprint density at radius 1 is 1.14 bits per heavy atom. The van der Waals surface area contributed by atoms with Crippen LogP contribution in [-0.2, 0) is 11.3 Å². The van der Waals surface area contributed by atoms with Gasteiger partial charge in [-0.3, -0.25) is 4.79 Å². The van der Waals surface area contributed by atoms with Crippen LogP contribution < -0.4 is 5.49 Å². The Hall–Kier alpha value is -2.42. The van der Waals surface area contributed by atoms with Crippen molar-refractivity contribution in [2.24, 2.45) is 10.9 Å². The summed E-state index contributed by atoms with van der Waals surface area (Å²) in [7, 11) is 0. The van der Waals surface area contributed by atoms with E-state index in [2.05, 4.69) is 29.3 Å². The van der Waals surface area contributed by atoms with Gasteiger partial charge in [0.15, 0.2) is 0 Å². The fourth-order valence-electron chi connectivity index (χ4n) is 2.75. The Kier molecular flexibility index (Phi) is 4.64. The van der Waals surface area contributed by atoms with Crippen molar-refractivity contribution in [2.75, 3.05) is 0 Å². The molecular formula is C19H20N2O. The van der Waals surface area contributed by atoms with Crippen molar-refractivity contribution in [1.29, 1.82) is 0 Å². The molecule has 3 nitrogen and oxygen atoms in total. The minimum atomic E-state index is -0.0374. The number of carbonyl (C=O) groups is 1. The highest BCUT2D eigenvalue weighted by atomic mass is 16.1. The largest absolute Gasteiger partial charge is 0.329 e. The van der Waals surface area contributed by atoms with Crippen molar-refractivity contribution in [2.45, 2.75) is 25.8 Å². The van der Waals surface area contributed by atoms with Crippen molar-refractivity contribution in [1.82, 2.24) is 4.57 Å². The number of amides is 1. The number of hydrogen-bond donors (Lipinski definition) is 0. The molecule has 1 amide bonds. The van der Waals surface area contributed by atoms with Gasteiger partial charge in [0, 0.05) is 19.2 Å². The van der Waals surface area contributed by atoms with Gasteiger partial charge < -0.3 is 4.57 Å². The lowest BCUT2D eigenvalue weighted by Crippen LogP contribution is -2.22. The third-order valence-electron chi connectivity index (χ3n) is 3.90. The molecule has 22 heavy (non-hydrogen) atoms. The van der Waals surface area contributed by atoms with E-state index in [1.807, 2.05) is 47.2 Å². The van der Waals surface area contributed by atoms with Gasteiger partial charge in [-0.25, -0.2) is 0 Å². The van der Waals surface area contributed by atoms with Gasteiger partial charge >= 0.3 is 0 Å². The second-order valence-electron chi connectivity index (χ2n) is 5.65. The number of benzene rings is 1. The van der Waals surface area contributed by atoms with Gasteiger partial charge in [-0.15, -0.1) is 0 Å². The summed E-state index contributed by atoms with van der Waals surface area (Å²) in [6.45, 7) is 0.719. The molecule has 0 saturated heterocycles. The molecule has 1 aromatic heterocycles. The Morgan fingerprint density at radius 3 is 2.73 bits per heavy atom. The first-order valence-corrected chi connectivity index (χ1v) is 7.75. The third-order valence-corrected chi connectivity index (χ3v) is 3.90. The zero-order valence-corrected chi connectivity index (χ0v) is 12.6. The van der Waals surface area contributed by atoms with Crippen LogP contribution in [0.5, 0.6) is 0 Å². The topological polar surface area (TPSA) is 34.4 Å². The second kappa shape index (κ2) is 7.03. The lowest BCUT2D eigenvalue weighted by molar-refractivity contribution is -0.118. The number of allylic oxidation sites excluding steroid dienone is 2. The first-order valence-electron chi connectivity index (χ1n) is 7.75. The minimum Gasteiger partial charge on any atom is -0.329 e. The van der Waals surface area contributed by atoms with E-state index in [1.54, 1.807) is 0 Å². The molecule has 1 aliphatic carbocycles. The van der Waals surface area contributed by atoms with Crippen LogP contribution in [0.25, 0.3) is 0 Å². The van der Waals surface area contributed by atoms with Gasteiger partial charge in [0.05, 0.1) is 0 Å². The highest BCUT2D eigenvalue weighted by Gasteiger charge is 2.13. The Bertz CT molecular complexity index is 728. The van der Waals surface area contributed by atoms with E-state index >= 15 is 0 Å². The normalized spacial score (nSPS) is 17.8. The molecule has 1 aliphatic rings. The standard InChI is InChI=1S/C19H20N2O/c22-19(14-16-8-4-5-9-16)20-18-12-6-7-13-21(18)15-17-10-2-1-3-11-17/h1-4,6-8,10-13,16H,5,9,14-15H2. The predicted octanol–water partition coefficient (Wildman–Crippen LogP) is 3.32. The monoisotopic (exact) mass is 292 g/mol. The molecule has 0 N–H and O–H groups in total. The maximum Gasteiger partial charge on any atom is 0.248 e. The molecule has 0 fully saturated rings. The van der Waals surface area contributed by atoms with Crippen molar-refractivity contribution >= 4 is 5.91 Å². The van der Waals surface area contributed by atoms with Gasteiger partial charge in [-0.1, -0.05) is 48.6 Å². The molecule has 0 radical (unpaired) electrons. The maximum absolute atomic E-state index is 12.2. The van der Waals surface area contributed by atoms with Gasteiger partial charge in [-0.05, 0) is 36.5 Å². The molecule has 2 aromatic rings. The highest BCUT2D eigenvalue weighted by molar-refractivity contribution is 5.77. The van der Waals surface area contributed by atoms with Crippen molar-refractivity contribution < 1.29 is 4.79 Å². The van der Waals surface area contributed by atoms with E-state index < -0.39 is 0 Å². The Labute approximate surface area is 130 Å². The zero-order chi connectivity index (χ0) is 15.2. The predicted molar refractivity (Wildman–Crippen MR) is 87.0 cm³/mol. The zero-order valence-electron chi connectivity index (χ0n) is 12.6. The Morgan fingerprint density at radius 2 is 1.95 bits per heavy atom. The minimum absolute atomic E-state index is 0.0374. The van der Waals surface area contributed by atoms with Gasteiger partial charge in [-0.2, -0.15) is 4.99 Å². The van der Waals surface area contributed by atoms with Crippen molar-refractivity contribution in [3.63, 3.8) is 0 Å². The lowest BCUT2D eigenvalue weighted by Gasteiger charge is -2.08. The number of aromatic nitrogens is 1. The van der Waals surface area contributed by atoms with E-state index in [0.717, 1.165) is 24.9 Å².